The van der Waals surface area contributed by atoms with Gasteiger partial charge >= 0.3 is 0 Å². The van der Waals surface area contributed by atoms with Crippen LogP contribution in [0.25, 0.3) is 5.52 Å². The molecule has 0 radical (unpaired) electrons. The summed E-state index contributed by atoms with van der Waals surface area (Å²) in [6.07, 6.45) is 5.30. The highest BCUT2D eigenvalue weighted by molar-refractivity contribution is 5.51. The summed E-state index contributed by atoms with van der Waals surface area (Å²) in [4.78, 5) is 4.35. The summed E-state index contributed by atoms with van der Waals surface area (Å²) in [6.45, 7) is 6.38. The van der Waals surface area contributed by atoms with E-state index in [0.29, 0.717) is 0 Å². The normalized spacial score (nSPS) is 12.2. The summed E-state index contributed by atoms with van der Waals surface area (Å²) in [5, 5.41) is 7.77. The zero-order valence-corrected chi connectivity index (χ0v) is 8.02. The third-order valence-electron chi connectivity index (χ3n) is 1.94. The first-order valence-electron chi connectivity index (χ1n) is 4.24. The van der Waals surface area contributed by atoms with Crippen molar-refractivity contribution in [3.8, 4) is 0 Å². The Labute approximate surface area is 76.6 Å². The average molecular weight is 176 g/mol. The lowest BCUT2D eigenvalue weighted by Crippen LogP contribution is -2.14. The molecule has 0 bridgehead atoms. The van der Waals surface area contributed by atoms with Crippen LogP contribution in [0, 0.1) is 0 Å². The third-order valence-corrected chi connectivity index (χ3v) is 1.94. The molecule has 68 valence electrons. The Hall–Kier alpha value is -1.45. The fraction of sp³-hybridized carbons (Fsp3) is 0.444. The molecule has 0 atom stereocenters. The first-order valence-corrected chi connectivity index (χ1v) is 4.24. The average Bonchev–Trinajstić information content (AvgIpc) is 2.48. The van der Waals surface area contributed by atoms with Crippen molar-refractivity contribution in [2.24, 2.45) is 0 Å². The van der Waals surface area contributed by atoms with Gasteiger partial charge in [-0.05, 0) is 0 Å². The van der Waals surface area contributed by atoms with Crippen molar-refractivity contribution in [1.29, 1.82) is 0 Å². The monoisotopic (exact) mass is 176 g/mol. The van der Waals surface area contributed by atoms with Crippen LogP contribution in [0.3, 0.4) is 0 Å². The molecular weight excluding hydrogens is 164 g/mol. The molecule has 0 aliphatic heterocycles. The molecule has 0 saturated carbocycles. The molecule has 0 fully saturated rings. The highest BCUT2D eigenvalue weighted by Crippen LogP contribution is 2.22. The summed E-state index contributed by atoms with van der Waals surface area (Å²) >= 11 is 0. The van der Waals surface area contributed by atoms with Crippen LogP contribution in [-0.4, -0.2) is 19.8 Å². The molecule has 4 heteroatoms. The molecule has 2 heterocycles. The molecule has 0 aromatic carbocycles. The molecule has 0 N–H and O–H groups in total. The lowest BCUT2D eigenvalue weighted by Gasteiger charge is -2.17. The van der Waals surface area contributed by atoms with E-state index in [2.05, 4.69) is 36.1 Å². The molecule has 0 saturated heterocycles. The topological polar surface area (TPSA) is 43.1 Å². The van der Waals surface area contributed by atoms with E-state index in [1.807, 2.05) is 0 Å². The fourth-order valence-electron chi connectivity index (χ4n) is 1.34. The number of hydrogen-bond acceptors (Lipinski definition) is 3. The number of aromatic nitrogens is 4. The second-order valence-electron chi connectivity index (χ2n) is 4.09. The highest BCUT2D eigenvalue weighted by Gasteiger charge is 2.19. The highest BCUT2D eigenvalue weighted by atomic mass is 15.4. The maximum absolute atomic E-state index is 4.35. The Morgan fingerprint density at radius 1 is 1.31 bits per heavy atom. The van der Waals surface area contributed by atoms with Gasteiger partial charge < -0.3 is 0 Å². The predicted octanol–water partition coefficient (Wildman–Crippen LogP) is 1.42. The van der Waals surface area contributed by atoms with Gasteiger partial charge in [0.05, 0.1) is 11.9 Å². The minimum atomic E-state index is 0.0320. The zero-order chi connectivity index (χ0) is 9.47. The molecule has 2 rings (SSSR count). The molecule has 2 aromatic rings. The molecule has 0 unspecified atom stereocenters. The van der Waals surface area contributed by atoms with E-state index in [1.165, 1.54) is 0 Å². The summed E-state index contributed by atoms with van der Waals surface area (Å²) in [7, 11) is 0. The molecule has 0 aliphatic rings. The lowest BCUT2D eigenvalue weighted by atomic mass is 9.91. The Kier molecular flexibility index (Phi) is 1.58. The van der Waals surface area contributed by atoms with Gasteiger partial charge in [0.25, 0.3) is 0 Å². The molecular formula is C9H12N4. The number of nitrogens with zero attached hydrogens (tertiary/aromatic N) is 4. The van der Waals surface area contributed by atoms with Gasteiger partial charge in [0.15, 0.2) is 0 Å². The fourth-order valence-corrected chi connectivity index (χ4v) is 1.34. The van der Waals surface area contributed by atoms with Crippen LogP contribution >= 0.6 is 0 Å². The number of rotatable bonds is 0. The van der Waals surface area contributed by atoms with E-state index in [-0.39, 0.29) is 5.41 Å². The van der Waals surface area contributed by atoms with E-state index < -0.39 is 0 Å². The Balaban J connectivity index is 2.75. The Morgan fingerprint density at radius 2 is 2.08 bits per heavy atom. The van der Waals surface area contributed by atoms with Gasteiger partial charge in [0.2, 0.25) is 0 Å². The Morgan fingerprint density at radius 3 is 2.77 bits per heavy atom. The van der Waals surface area contributed by atoms with Crippen molar-refractivity contribution in [3.63, 3.8) is 0 Å². The molecule has 0 spiro atoms. The van der Waals surface area contributed by atoms with Gasteiger partial charge in [0, 0.05) is 17.8 Å². The molecule has 4 nitrogen and oxygen atoms in total. The van der Waals surface area contributed by atoms with Crippen LogP contribution < -0.4 is 0 Å². The van der Waals surface area contributed by atoms with Crippen LogP contribution in [0.1, 0.15) is 26.5 Å². The second kappa shape index (κ2) is 2.52. The van der Waals surface area contributed by atoms with Crippen molar-refractivity contribution >= 4 is 5.52 Å². The van der Waals surface area contributed by atoms with Gasteiger partial charge in [-0.2, -0.15) is 0 Å². The summed E-state index contributed by atoms with van der Waals surface area (Å²) in [5.74, 6) is 0. The molecule has 0 aliphatic carbocycles. The van der Waals surface area contributed by atoms with E-state index in [9.17, 15) is 0 Å². The standard InChI is InChI=1S/C9H12N4/c1-9(2,3)8-7-6-11-12-13(7)5-4-10-8/h4-6H,1-3H3. The zero-order valence-electron chi connectivity index (χ0n) is 8.02. The summed E-state index contributed by atoms with van der Waals surface area (Å²) < 4.78 is 1.74. The van der Waals surface area contributed by atoms with Crippen molar-refractivity contribution in [3.05, 3.63) is 24.3 Å². The van der Waals surface area contributed by atoms with Crippen molar-refractivity contribution in [2.45, 2.75) is 26.2 Å². The van der Waals surface area contributed by atoms with E-state index in [1.54, 1.807) is 23.1 Å². The van der Waals surface area contributed by atoms with Crippen molar-refractivity contribution in [1.82, 2.24) is 19.8 Å². The minimum Gasteiger partial charge on any atom is -0.257 e. The number of hydrogen-bond donors (Lipinski definition) is 0. The third kappa shape index (κ3) is 1.28. The smallest absolute Gasteiger partial charge is 0.109 e. The van der Waals surface area contributed by atoms with Gasteiger partial charge in [-0.25, -0.2) is 4.52 Å². The SMILES string of the molecule is CC(C)(C)c1nccn2nncc12. The first kappa shape index (κ1) is 8.16. The lowest BCUT2D eigenvalue weighted by molar-refractivity contribution is 0.570. The van der Waals surface area contributed by atoms with Crippen molar-refractivity contribution in [2.75, 3.05) is 0 Å². The van der Waals surface area contributed by atoms with Gasteiger partial charge in [0.1, 0.15) is 5.52 Å². The van der Waals surface area contributed by atoms with Crippen LogP contribution in [-0.2, 0) is 5.41 Å². The number of fused-ring (bicyclic) bond motifs is 1. The van der Waals surface area contributed by atoms with Crippen LogP contribution in [0.2, 0.25) is 0 Å². The molecule has 0 amide bonds. The first-order chi connectivity index (χ1) is 6.09. The largest absolute Gasteiger partial charge is 0.257 e. The van der Waals surface area contributed by atoms with Crippen molar-refractivity contribution < 1.29 is 0 Å². The van der Waals surface area contributed by atoms with E-state index >= 15 is 0 Å². The maximum atomic E-state index is 4.35. The van der Waals surface area contributed by atoms with Crippen LogP contribution in [0.5, 0.6) is 0 Å². The van der Waals surface area contributed by atoms with Gasteiger partial charge in [-0.1, -0.05) is 26.0 Å². The molecule has 2 aromatic heterocycles. The van der Waals surface area contributed by atoms with E-state index in [0.717, 1.165) is 11.2 Å². The van der Waals surface area contributed by atoms with E-state index in [4.69, 9.17) is 0 Å². The maximum Gasteiger partial charge on any atom is 0.109 e. The van der Waals surface area contributed by atoms with Gasteiger partial charge in [-0.3, -0.25) is 4.98 Å². The minimum absolute atomic E-state index is 0.0320. The Bertz CT molecular complexity index is 424. The predicted molar refractivity (Wildman–Crippen MR) is 49.5 cm³/mol. The summed E-state index contributed by atoms with van der Waals surface area (Å²) in [6, 6.07) is 0. The van der Waals surface area contributed by atoms with Crippen LogP contribution in [0.15, 0.2) is 18.6 Å². The quantitative estimate of drug-likeness (QED) is 0.609. The summed E-state index contributed by atoms with van der Waals surface area (Å²) in [5.41, 5.74) is 2.04. The van der Waals surface area contributed by atoms with Gasteiger partial charge in [-0.15, -0.1) is 5.10 Å². The van der Waals surface area contributed by atoms with Crippen LogP contribution in [0.4, 0.5) is 0 Å². The molecule has 13 heavy (non-hydrogen) atoms. The second-order valence-corrected chi connectivity index (χ2v) is 4.09.